The van der Waals surface area contributed by atoms with E-state index in [-0.39, 0.29) is 0 Å². The molecule has 2 nitrogen and oxygen atoms in total. The molecule has 0 bridgehead atoms. The molecule has 0 saturated heterocycles. The van der Waals surface area contributed by atoms with Gasteiger partial charge in [0.25, 0.3) is 0 Å². The van der Waals surface area contributed by atoms with Gasteiger partial charge in [0.1, 0.15) is 0 Å². The zero-order valence-corrected chi connectivity index (χ0v) is 12.9. The number of hydrogen-bond donors (Lipinski definition) is 1. The lowest BCUT2D eigenvalue weighted by Crippen LogP contribution is -2.29. The first-order valence-corrected chi connectivity index (χ1v) is 7.66. The van der Waals surface area contributed by atoms with E-state index < -0.39 is 0 Å². The minimum absolute atomic E-state index is 0.579. The molecule has 0 heterocycles. The second-order valence-corrected chi connectivity index (χ2v) is 5.40. The molecular weight excluding hydrogens is 258 g/mol. The van der Waals surface area contributed by atoms with E-state index in [1.54, 1.807) is 0 Å². The van der Waals surface area contributed by atoms with Crippen LogP contribution in [0.4, 0.5) is 0 Å². The van der Waals surface area contributed by atoms with Crippen molar-refractivity contribution in [2.24, 2.45) is 0 Å². The zero-order valence-electron chi connectivity index (χ0n) is 12.1. The Balaban J connectivity index is 2.03. The highest BCUT2D eigenvalue weighted by atomic mass is 35.5. The van der Waals surface area contributed by atoms with E-state index in [1.807, 2.05) is 24.3 Å². The Kier molecular flexibility index (Phi) is 8.89. The van der Waals surface area contributed by atoms with E-state index in [2.05, 4.69) is 19.2 Å². The maximum absolute atomic E-state index is 6.06. The van der Waals surface area contributed by atoms with Crippen LogP contribution in [0.25, 0.3) is 0 Å². The highest BCUT2D eigenvalue weighted by Gasteiger charge is 2.01. The number of benzene rings is 1. The Morgan fingerprint density at radius 2 is 2.05 bits per heavy atom. The van der Waals surface area contributed by atoms with E-state index in [0.29, 0.717) is 12.6 Å². The molecule has 0 saturated carbocycles. The fourth-order valence-electron chi connectivity index (χ4n) is 1.98. The van der Waals surface area contributed by atoms with Crippen LogP contribution >= 0.6 is 11.6 Å². The number of ether oxygens (including phenoxy) is 1. The standard InChI is InChI=1S/C16H26ClNO/c1-3-4-5-8-14(2)18-11-12-19-13-15-9-6-7-10-16(15)17/h6-7,9-10,14,18H,3-5,8,11-13H2,1-2H3. The lowest BCUT2D eigenvalue weighted by Gasteiger charge is -2.13. The van der Waals surface area contributed by atoms with Crippen LogP contribution in [-0.2, 0) is 11.3 Å². The van der Waals surface area contributed by atoms with Crippen LogP contribution < -0.4 is 5.32 Å². The fraction of sp³-hybridized carbons (Fsp3) is 0.625. The maximum atomic E-state index is 6.06. The van der Waals surface area contributed by atoms with Gasteiger partial charge in [-0.05, 0) is 25.0 Å². The first kappa shape index (κ1) is 16.5. The molecule has 0 aliphatic heterocycles. The van der Waals surface area contributed by atoms with Crippen LogP contribution in [-0.4, -0.2) is 19.2 Å². The quantitative estimate of drug-likeness (QED) is 0.642. The van der Waals surface area contributed by atoms with Gasteiger partial charge in [-0.15, -0.1) is 0 Å². The molecule has 0 aromatic heterocycles. The van der Waals surface area contributed by atoms with Crippen LogP contribution in [0.15, 0.2) is 24.3 Å². The van der Waals surface area contributed by atoms with Crippen LogP contribution in [0.3, 0.4) is 0 Å². The van der Waals surface area contributed by atoms with Gasteiger partial charge in [-0.3, -0.25) is 0 Å². The molecule has 3 heteroatoms. The maximum Gasteiger partial charge on any atom is 0.0731 e. The van der Waals surface area contributed by atoms with Gasteiger partial charge in [0.15, 0.2) is 0 Å². The minimum atomic E-state index is 0.579. The van der Waals surface area contributed by atoms with E-state index in [0.717, 1.165) is 23.7 Å². The van der Waals surface area contributed by atoms with Crippen molar-refractivity contribution < 1.29 is 4.74 Å². The number of hydrogen-bond acceptors (Lipinski definition) is 2. The summed E-state index contributed by atoms with van der Waals surface area (Å²) in [5.41, 5.74) is 1.06. The summed E-state index contributed by atoms with van der Waals surface area (Å²) in [6, 6.07) is 8.40. The summed E-state index contributed by atoms with van der Waals surface area (Å²) in [4.78, 5) is 0. The Hall–Kier alpha value is -0.570. The van der Waals surface area contributed by atoms with Crippen molar-refractivity contribution in [1.82, 2.24) is 5.32 Å². The molecule has 1 rings (SSSR count). The predicted molar refractivity (Wildman–Crippen MR) is 82.7 cm³/mol. The lowest BCUT2D eigenvalue weighted by molar-refractivity contribution is 0.121. The molecular formula is C16H26ClNO. The summed E-state index contributed by atoms with van der Waals surface area (Å²) >= 11 is 6.06. The van der Waals surface area contributed by atoms with Crippen molar-refractivity contribution in [3.63, 3.8) is 0 Å². The molecule has 1 atom stereocenters. The molecule has 0 spiro atoms. The Bertz CT molecular complexity index is 343. The Morgan fingerprint density at radius 3 is 2.79 bits per heavy atom. The molecule has 0 amide bonds. The average molecular weight is 284 g/mol. The molecule has 0 aliphatic rings. The van der Waals surface area contributed by atoms with Crippen molar-refractivity contribution in [3.8, 4) is 0 Å². The normalized spacial score (nSPS) is 12.6. The monoisotopic (exact) mass is 283 g/mol. The third-order valence-corrected chi connectivity index (χ3v) is 3.56. The molecule has 1 unspecified atom stereocenters. The van der Waals surface area contributed by atoms with Gasteiger partial charge in [-0.2, -0.15) is 0 Å². The summed E-state index contributed by atoms with van der Waals surface area (Å²) in [7, 11) is 0. The molecule has 108 valence electrons. The van der Waals surface area contributed by atoms with E-state index in [1.165, 1.54) is 25.7 Å². The Morgan fingerprint density at radius 1 is 1.26 bits per heavy atom. The highest BCUT2D eigenvalue weighted by Crippen LogP contribution is 2.15. The number of rotatable bonds is 10. The van der Waals surface area contributed by atoms with Gasteiger partial charge in [0.2, 0.25) is 0 Å². The van der Waals surface area contributed by atoms with Gasteiger partial charge >= 0.3 is 0 Å². The van der Waals surface area contributed by atoms with Crippen LogP contribution in [0, 0.1) is 0 Å². The summed E-state index contributed by atoms with van der Waals surface area (Å²) in [5, 5.41) is 4.27. The molecule has 1 aromatic rings. The highest BCUT2D eigenvalue weighted by molar-refractivity contribution is 6.31. The van der Waals surface area contributed by atoms with E-state index in [9.17, 15) is 0 Å². The third-order valence-electron chi connectivity index (χ3n) is 3.20. The summed E-state index contributed by atoms with van der Waals surface area (Å²) in [6.07, 6.45) is 5.17. The van der Waals surface area contributed by atoms with Crippen LogP contribution in [0.5, 0.6) is 0 Å². The van der Waals surface area contributed by atoms with Gasteiger partial charge in [-0.25, -0.2) is 0 Å². The van der Waals surface area contributed by atoms with Gasteiger partial charge in [-0.1, -0.05) is 56.0 Å². The van der Waals surface area contributed by atoms with Crippen molar-refractivity contribution in [1.29, 1.82) is 0 Å². The third kappa shape index (κ3) is 7.56. The number of nitrogens with one attached hydrogen (secondary N) is 1. The van der Waals surface area contributed by atoms with E-state index >= 15 is 0 Å². The first-order chi connectivity index (χ1) is 9.24. The minimum Gasteiger partial charge on any atom is -0.375 e. The van der Waals surface area contributed by atoms with Crippen LogP contribution in [0.2, 0.25) is 5.02 Å². The predicted octanol–water partition coefficient (Wildman–Crippen LogP) is 4.42. The first-order valence-electron chi connectivity index (χ1n) is 7.28. The molecule has 0 fully saturated rings. The van der Waals surface area contributed by atoms with Crippen molar-refractivity contribution in [3.05, 3.63) is 34.9 Å². The topological polar surface area (TPSA) is 21.3 Å². The Labute approximate surface area is 122 Å². The second kappa shape index (κ2) is 10.2. The second-order valence-electron chi connectivity index (χ2n) is 4.99. The zero-order chi connectivity index (χ0) is 13.9. The molecule has 0 radical (unpaired) electrons. The van der Waals surface area contributed by atoms with Gasteiger partial charge < -0.3 is 10.1 Å². The summed E-state index contributed by atoms with van der Waals surface area (Å²) < 4.78 is 5.63. The van der Waals surface area contributed by atoms with Crippen LogP contribution in [0.1, 0.15) is 45.1 Å². The average Bonchev–Trinajstić information content (AvgIpc) is 2.41. The number of halogens is 1. The lowest BCUT2D eigenvalue weighted by atomic mass is 10.1. The molecule has 1 N–H and O–H groups in total. The van der Waals surface area contributed by atoms with Crippen molar-refractivity contribution >= 4 is 11.6 Å². The van der Waals surface area contributed by atoms with Gasteiger partial charge in [0.05, 0.1) is 13.2 Å². The molecule has 19 heavy (non-hydrogen) atoms. The molecule has 1 aromatic carbocycles. The van der Waals surface area contributed by atoms with E-state index in [4.69, 9.17) is 16.3 Å². The number of unbranched alkanes of at least 4 members (excludes halogenated alkanes) is 2. The molecule has 0 aliphatic carbocycles. The van der Waals surface area contributed by atoms with Gasteiger partial charge in [0, 0.05) is 17.6 Å². The SMILES string of the molecule is CCCCCC(C)NCCOCc1ccccc1Cl. The smallest absolute Gasteiger partial charge is 0.0731 e. The largest absolute Gasteiger partial charge is 0.375 e. The summed E-state index contributed by atoms with van der Waals surface area (Å²) in [5.74, 6) is 0. The van der Waals surface area contributed by atoms with Crippen molar-refractivity contribution in [2.45, 2.75) is 52.2 Å². The summed E-state index contributed by atoms with van der Waals surface area (Å²) in [6.45, 7) is 6.69. The van der Waals surface area contributed by atoms with Crippen molar-refractivity contribution in [2.75, 3.05) is 13.2 Å². The fourth-order valence-corrected chi connectivity index (χ4v) is 2.17.